The summed E-state index contributed by atoms with van der Waals surface area (Å²) in [6, 6.07) is 9.31. The number of halogens is 4. The predicted octanol–water partition coefficient (Wildman–Crippen LogP) is 4.57. The minimum Gasteiger partial charge on any atom is -0.296 e. The first-order valence-electron chi connectivity index (χ1n) is 6.88. The van der Waals surface area contributed by atoms with Gasteiger partial charge in [-0.25, -0.2) is 9.18 Å². The molecule has 0 bridgehead atoms. The van der Waals surface area contributed by atoms with Crippen LogP contribution in [0.25, 0.3) is 0 Å². The van der Waals surface area contributed by atoms with E-state index in [1.54, 1.807) is 24.3 Å². The van der Waals surface area contributed by atoms with Gasteiger partial charge in [-0.05, 0) is 29.8 Å². The molecule has 1 heterocycles. The molecular formula is C16H10Cl3FN2O2. The summed E-state index contributed by atoms with van der Waals surface area (Å²) in [6.07, 6.45) is 0.230. The molecule has 0 radical (unpaired) electrons. The molecule has 1 aromatic heterocycles. The molecule has 0 aliphatic carbocycles. The fourth-order valence-corrected chi connectivity index (χ4v) is 2.95. The Kier molecular flexibility index (Phi) is 4.94. The average molecular weight is 388 g/mol. The predicted molar refractivity (Wildman–Crippen MR) is 90.5 cm³/mol. The van der Waals surface area contributed by atoms with Crippen molar-refractivity contribution in [2.24, 2.45) is 0 Å². The second kappa shape index (κ2) is 6.97. The molecule has 0 fully saturated rings. The second-order valence-electron chi connectivity index (χ2n) is 5.06. The zero-order chi connectivity index (χ0) is 17.3. The minimum absolute atomic E-state index is 0.0889. The SMILES string of the molecule is O=c1onc(Cc2ccc(Cl)cc2Cl)n1Cc1c(F)cccc1Cl. The summed E-state index contributed by atoms with van der Waals surface area (Å²) >= 11 is 18.0. The van der Waals surface area contributed by atoms with E-state index in [-0.39, 0.29) is 23.6 Å². The zero-order valence-corrected chi connectivity index (χ0v) is 14.4. The average Bonchev–Trinajstić information content (AvgIpc) is 2.86. The van der Waals surface area contributed by atoms with Gasteiger partial charge in [-0.1, -0.05) is 52.1 Å². The number of aromatic nitrogens is 2. The van der Waals surface area contributed by atoms with Crippen LogP contribution in [0.2, 0.25) is 15.1 Å². The van der Waals surface area contributed by atoms with Crippen LogP contribution in [-0.4, -0.2) is 9.72 Å². The van der Waals surface area contributed by atoms with Crippen molar-refractivity contribution < 1.29 is 8.91 Å². The van der Waals surface area contributed by atoms with Crippen LogP contribution < -0.4 is 5.76 Å². The molecular weight excluding hydrogens is 378 g/mol. The first kappa shape index (κ1) is 17.0. The van der Waals surface area contributed by atoms with Gasteiger partial charge in [0.25, 0.3) is 0 Å². The number of nitrogens with zero attached hydrogens (tertiary/aromatic N) is 2. The summed E-state index contributed by atoms with van der Waals surface area (Å²) in [5.74, 6) is -0.899. The molecule has 0 spiro atoms. The van der Waals surface area contributed by atoms with Gasteiger partial charge in [0.05, 0.1) is 6.54 Å². The van der Waals surface area contributed by atoms with Gasteiger partial charge >= 0.3 is 5.76 Å². The van der Waals surface area contributed by atoms with Crippen LogP contribution in [0.1, 0.15) is 17.0 Å². The summed E-state index contributed by atoms with van der Waals surface area (Å²) in [7, 11) is 0. The van der Waals surface area contributed by atoms with Gasteiger partial charge in [-0.2, -0.15) is 0 Å². The molecule has 24 heavy (non-hydrogen) atoms. The lowest BCUT2D eigenvalue weighted by atomic mass is 10.1. The molecule has 0 aliphatic rings. The maximum atomic E-state index is 14.0. The van der Waals surface area contributed by atoms with Crippen LogP contribution in [0.4, 0.5) is 4.39 Å². The summed E-state index contributed by atoms with van der Waals surface area (Å²) in [6.45, 7) is -0.0889. The third-order valence-electron chi connectivity index (χ3n) is 3.50. The van der Waals surface area contributed by atoms with Gasteiger partial charge in [0.2, 0.25) is 0 Å². The number of hydrogen-bond acceptors (Lipinski definition) is 3. The largest absolute Gasteiger partial charge is 0.441 e. The van der Waals surface area contributed by atoms with Crippen LogP contribution in [0, 0.1) is 5.82 Å². The quantitative estimate of drug-likeness (QED) is 0.658. The van der Waals surface area contributed by atoms with Crippen molar-refractivity contribution in [3.05, 3.63) is 84.8 Å². The zero-order valence-electron chi connectivity index (χ0n) is 12.1. The highest BCUT2D eigenvalue weighted by molar-refractivity contribution is 6.35. The minimum atomic E-state index is -0.700. The molecule has 2 aromatic carbocycles. The van der Waals surface area contributed by atoms with E-state index in [0.29, 0.717) is 21.4 Å². The molecule has 0 saturated heterocycles. The van der Waals surface area contributed by atoms with Gasteiger partial charge in [0, 0.05) is 27.1 Å². The van der Waals surface area contributed by atoms with Crippen LogP contribution in [0.3, 0.4) is 0 Å². The normalized spacial score (nSPS) is 11.0. The Morgan fingerprint density at radius 2 is 1.92 bits per heavy atom. The Bertz CT molecular complexity index is 932. The van der Waals surface area contributed by atoms with E-state index >= 15 is 0 Å². The molecule has 8 heteroatoms. The molecule has 3 aromatic rings. The maximum Gasteiger partial charge on any atom is 0.441 e. The van der Waals surface area contributed by atoms with Crippen molar-refractivity contribution >= 4 is 34.8 Å². The van der Waals surface area contributed by atoms with E-state index < -0.39 is 11.6 Å². The van der Waals surface area contributed by atoms with E-state index in [1.807, 2.05) is 0 Å². The van der Waals surface area contributed by atoms with Gasteiger partial charge in [-0.3, -0.25) is 9.09 Å². The van der Waals surface area contributed by atoms with Crippen molar-refractivity contribution in [2.45, 2.75) is 13.0 Å². The Morgan fingerprint density at radius 3 is 2.62 bits per heavy atom. The highest BCUT2D eigenvalue weighted by Gasteiger charge is 2.16. The maximum absolute atomic E-state index is 14.0. The smallest absolute Gasteiger partial charge is 0.296 e. The fraction of sp³-hybridized carbons (Fsp3) is 0.125. The van der Waals surface area contributed by atoms with Crippen molar-refractivity contribution in [3.8, 4) is 0 Å². The van der Waals surface area contributed by atoms with E-state index in [4.69, 9.17) is 39.3 Å². The summed E-state index contributed by atoms with van der Waals surface area (Å²) in [4.78, 5) is 11.9. The number of rotatable bonds is 4. The molecule has 4 nitrogen and oxygen atoms in total. The van der Waals surface area contributed by atoms with E-state index in [1.165, 1.54) is 16.7 Å². The molecule has 0 unspecified atom stereocenters. The van der Waals surface area contributed by atoms with E-state index in [0.717, 1.165) is 0 Å². The fourth-order valence-electron chi connectivity index (χ4n) is 2.26. The van der Waals surface area contributed by atoms with Gasteiger partial charge in [-0.15, -0.1) is 0 Å². The van der Waals surface area contributed by atoms with Gasteiger partial charge in [0.15, 0.2) is 5.82 Å². The summed E-state index contributed by atoms with van der Waals surface area (Å²) in [5.41, 5.74) is 0.899. The van der Waals surface area contributed by atoms with E-state index in [9.17, 15) is 9.18 Å². The van der Waals surface area contributed by atoms with Crippen molar-refractivity contribution in [2.75, 3.05) is 0 Å². The summed E-state index contributed by atoms with van der Waals surface area (Å²) in [5, 5.41) is 4.91. The van der Waals surface area contributed by atoms with E-state index in [2.05, 4.69) is 5.16 Å². The summed E-state index contributed by atoms with van der Waals surface area (Å²) < 4.78 is 19.9. The lowest BCUT2D eigenvalue weighted by Crippen LogP contribution is -2.19. The molecule has 0 aliphatic heterocycles. The first-order valence-corrected chi connectivity index (χ1v) is 8.01. The van der Waals surface area contributed by atoms with Crippen molar-refractivity contribution in [1.29, 1.82) is 0 Å². The standard InChI is InChI=1S/C16H10Cl3FN2O2/c17-10-5-4-9(13(19)7-10)6-15-21-24-16(23)22(15)8-11-12(18)2-1-3-14(11)20/h1-5,7H,6,8H2. The number of benzene rings is 2. The first-order chi connectivity index (χ1) is 11.5. The van der Waals surface area contributed by atoms with Crippen LogP contribution in [0.5, 0.6) is 0 Å². The van der Waals surface area contributed by atoms with Crippen molar-refractivity contribution in [1.82, 2.24) is 9.72 Å². The molecule has 0 amide bonds. The van der Waals surface area contributed by atoms with Crippen LogP contribution >= 0.6 is 34.8 Å². The second-order valence-corrected chi connectivity index (χ2v) is 6.31. The lowest BCUT2D eigenvalue weighted by Gasteiger charge is -2.08. The van der Waals surface area contributed by atoms with Crippen LogP contribution in [0.15, 0.2) is 45.7 Å². The van der Waals surface area contributed by atoms with Crippen LogP contribution in [-0.2, 0) is 13.0 Å². The highest BCUT2D eigenvalue weighted by Crippen LogP contribution is 2.24. The third kappa shape index (κ3) is 3.48. The molecule has 0 N–H and O–H groups in total. The Balaban J connectivity index is 1.96. The van der Waals surface area contributed by atoms with Gasteiger partial charge < -0.3 is 0 Å². The monoisotopic (exact) mass is 386 g/mol. The third-order valence-corrected chi connectivity index (χ3v) is 4.44. The Hall–Kier alpha value is -1.82. The lowest BCUT2D eigenvalue weighted by molar-refractivity contribution is 0.375. The Labute approximate surface area is 151 Å². The van der Waals surface area contributed by atoms with Crippen molar-refractivity contribution in [3.63, 3.8) is 0 Å². The molecule has 124 valence electrons. The topological polar surface area (TPSA) is 48.0 Å². The molecule has 0 atom stereocenters. The van der Waals surface area contributed by atoms with Gasteiger partial charge in [0.1, 0.15) is 5.82 Å². The highest BCUT2D eigenvalue weighted by atomic mass is 35.5. The Morgan fingerprint density at radius 1 is 1.12 bits per heavy atom. The molecule has 3 rings (SSSR count). The molecule has 0 saturated carbocycles. The number of hydrogen-bond donors (Lipinski definition) is 0.